The Hall–Kier alpha value is -2.35. The minimum absolute atomic E-state index is 0.0140. The second kappa shape index (κ2) is 10.3. The van der Waals surface area contributed by atoms with E-state index in [1.165, 1.54) is 11.8 Å². The molecule has 1 aromatic carbocycles. The van der Waals surface area contributed by atoms with Gasteiger partial charge in [-0.25, -0.2) is 0 Å². The number of nitrogens with zero attached hydrogens (tertiary/aromatic N) is 3. The highest BCUT2D eigenvalue weighted by atomic mass is 32.2. The smallest absolute Gasteiger partial charge is 0.240 e. The minimum Gasteiger partial charge on any atom is -0.368 e. The number of benzene rings is 1. The summed E-state index contributed by atoms with van der Waals surface area (Å²) in [5, 5.41) is 12.1. The van der Waals surface area contributed by atoms with Gasteiger partial charge in [-0.05, 0) is 19.3 Å². The summed E-state index contributed by atoms with van der Waals surface area (Å²) in [4.78, 5) is 24.0. The topological polar surface area (TPSA) is 103 Å². The molecule has 0 spiro atoms. The Morgan fingerprint density at radius 2 is 1.82 bits per heavy atom. The van der Waals surface area contributed by atoms with E-state index >= 15 is 0 Å². The number of hydrogen-bond acceptors (Lipinski definition) is 5. The molecular formula is C20H29N5O2S. The van der Waals surface area contributed by atoms with Crippen LogP contribution in [0.5, 0.6) is 0 Å². The van der Waals surface area contributed by atoms with Gasteiger partial charge in [0.05, 0.1) is 5.75 Å². The predicted octanol–water partition coefficient (Wildman–Crippen LogP) is 3.02. The van der Waals surface area contributed by atoms with Crippen LogP contribution in [0.3, 0.4) is 0 Å². The first-order valence-electron chi connectivity index (χ1n) is 9.60. The fourth-order valence-electron chi connectivity index (χ4n) is 2.81. The Balaban J connectivity index is 2.15. The molecular weight excluding hydrogens is 374 g/mol. The van der Waals surface area contributed by atoms with Gasteiger partial charge in [-0.3, -0.25) is 14.2 Å². The Bertz CT molecular complexity index is 793. The van der Waals surface area contributed by atoms with Crippen molar-refractivity contribution in [3.8, 4) is 11.4 Å². The van der Waals surface area contributed by atoms with Gasteiger partial charge in [0.15, 0.2) is 11.0 Å². The molecule has 0 aliphatic carbocycles. The van der Waals surface area contributed by atoms with Crippen molar-refractivity contribution in [3.05, 3.63) is 30.3 Å². The van der Waals surface area contributed by atoms with Gasteiger partial charge in [0.1, 0.15) is 6.04 Å². The fourth-order valence-corrected chi connectivity index (χ4v) is 3.66. The third kappa shape index (κ3) is 5.34. The third-order valence-electron chi connectivity index (χ3n) is 4.90. The number of hydrogen-bond donors (Lipinski definition) is 2. The molecule has 2 amide bonds. The van der Waals surface area contributed by atoms with E-state index in [9.17, 15) is 9.59 Å². The van der Waals surface area contributed by atoms with Gasteiger partial charge >= 0.3 is 0 Å². The maximum absolute atomic E-state index is 12.4. The first-order chi connectivity index (χ1) is 13.4. The van der Waals surface area contributed by atoms with Crippen molar-refractivity contribution in [3.63, 3.8) is 0 Å². The van der Waals surface area contributed by atoms with E-state index in [1.54, 1.807) is 0 Å². The molecule has 8 heteroatoms. The summed E-state index contributed by atoms with van der Waals surface area (Å²) in [5.41, 5.74) is 6.41. The van der Waals surface area contributed by atoms with Gasteiger partial charge < -0.3 is 11.1 Å². The van der Waals surface area contributed by atoms with Crippen molar-refractivity contribution in [2.45, 2.75) is 57.8 Å². The first-order valence-corrected chi connectivity index (χ1v) is 10.6. The minimum atomic E-state index is -0.662. The monoisotopic (exact) mass is 403 g/mol. The Labute approximate surface area is 170 Å². The van der Waals surface area contributed by atoms with E-state index in [-0.39, 0.29) is 23.6 Å². The van der Waals surface area contributed by atoms with E-state index in [0.717, 1.165) is 24.2 Å². The fraction of sp³-hybridized carbons (Fsp3) is 0.500. The van der Waals surface area contributed by atoms with Gasteiger partial charge in [-0.2, -0.15) is 0 Å². The average Bonchev–Trinajstić information content (AvgIpc) is 3.13. The molecule has 3 N–H and O–H groups in total. The Kier molecular flexibility index (Phi) is 8.04. The second-order valence-corrected chi connectivity index (χ2v) is 7.86. The molecule has 0 saturated heterocycles. The quantitative estimate of drug-likeness (QED) is 0.594. The largest absolute Gasteiger partial charge is 0.368 e. The van der Waals surface area contributed by atoms with Crippen LogP contribution in [0.1, 0.15) is 46.6 Å². The molecule has 0 saturated carbocycles. The highest BCUT2D eigenvalue weighted by Gasteiger charge is 2.24. The van der Waals surface area contributed by atoms with Gasteiger partial charge in [-0.15, -0.1) is 10.2 Å². The standard InChI is InChI=1S/C20H29N5O2S/c1-5-13(3)17(18(21)27)22-16(26)12-28-20-24-23-19(25(20)14(4)6-2)15-10-8-7-9-11-15/h7-11,13-14,17H,5-6,12H2,1-4H3,(H2,21,27)(H,22,26). The van der Waals surface area contributed by atoms with Crippen molar-refractivity contribution in [1.29, 1.82) is 0 Å². The molecule has 0 aliphatic rings. The number of aromatic nitrogens is 3. The van der Waals surface area contributed by atoms with E-state index < -0.39 is 11.9 Å². The van der Waals surface area contributed by atoms with Crippen LogP contribution in [0.2, 0.25) is 0 Å². The number of amides is 2. The zero-order valence-corrected chi connectivity index (χ0v) is 17.7. The van der Waals surface area contributed by atoms with Crippen LogP contribution >= 0.6 is 11.8 Å². The van der Waals surface area contributed by atoms with Gasteiger partial charge in [0, 0.05) is 11.6 Å². The highest BCUT2D eigenvalue weighted by molar-refractivity contribution is 7.99. The lowest BCUT2D eigenvalue weighted by Gasteiger charge is -2.21. The highest BCUT2D eigenvalue weighted by Crippen LogP contribution is 2.28. The Morgan fingerprint density at radius 1 is 1.14 bits per heavy atom. The van der Waals surface area contributed by atoms with Crippen LogP contribution in [0.25, 0.3) is 11.4 Å². The van der Waals surface area contributed by atoms with E-state index in [4.69, 9.17) is 5.73 Å². The normalized spacial score (nSPS) is 14.3. The van der Waals surface area contributed by atoms with Gasteiger partial charge in [0.2, 0.25) is 11.8 Å². The molecule has 2 rings (SSSR count). The predicted molar refractivity (Wildman–Crippen MR) is 112 cm³/mol. The number of rotatable bonds is 10. The zero-order valence-electron chi connectivity index (χ0n) is 16.9. The molecule has 0 bridgehead atoms. The van der Waals surface area contributed by atoms with Crippen molar-refractivity contribution in [2.24, 2.45) is 11.7 Å². The van der Waals surface area contributed by atoms with Crippen molar-refractivity contribution < 1.29 is 9.59 Å². The second-order valence-electron chi connectivity index (χ2n) is 6.92. The summed E-state index contributed by atoms with van der Waals surface area (Å²) in [5.74, 6) is 0.159. The van der Waals surface area contributed by atoms with Crippen molar-refractivity contribution in [1.82, 2.24) is 20.1 Å². The number of carbonyl (C=O) groups excluding carboxylic acids is 2. The molecule has 1 heterocycles. The summed E-state index contributed by atoms with van der Waals surface area (Å²) >= 11 is 1.31. The third-order valence-corrected chi connectivity index (χ3v) is 5.84. The van der Waals surface area contributed by atoms with Crippen LogP contribution < -0.4 is 11.1 Å². The van der Waals surface area contributed by atoms with Gasteiger partial charge in [-0.1, -0.05) is 69.3 Å². The van der Waals surface area contributed by atoms with Gasteiger partial charge in [0.25, 0.3) is 0 Å². The summed E-state index contributed by atoms with van der Waals surface area (Å²) < 4.78 is 2.06. The molecule has 0 radical (unpaired) electrons. The van der Waals surface area contributed by atoms with E-state index in [2.05, 4.69) is 33.9 Å². The summed E-state index contributed by atoms with van der Waals surface area (Å²) in [6.07, 6.45) is 1.67. The number of primary amides is 1. The van der Waals surface area contributed by atoms with E-state index in [1.807, 2.05) is 44.2 Å². The number of carbonyl (C=O) groups is 2. The summed E-state index contributed by atoms with van der Waals surface area (Å²) in [7, 11) is 0. The van der Waals surface area contributed by atoms with Crippen LogP contribution in [0.4, 0.5) is 0 Å². The lowest BCUT2D eigenvalue weighted by Crippen LogP contribution is -2.48. The summed E-state index contributed by atoms with van der Waals surface area (Å²) in [6.45, 7) is 8.06. The molecule has 3 atom stereocenters. The molecule has 3 unspecified atom stereocenters. The maximum atomic E-state index is 12.4. The SMILES string of the molecule is CCC(C)C(NC(=O)CSc1nnc(-c2ccccc2)n1C(C)CC)C(N)=O. The maximum Gasteiger partial charge on any atom is 0.240 e. The molecule has 28 heavy (non-hydrogen) atoms. The van der Waals surface area contributed by atoms with Crippen LogP contribution in [-0.4, -0.2) is 38.4 Å². The number of nitrogens with one attached hydrogen (secondary N) is 1. The summed E-state index contributed by atoms with van der Waals surface area (Å²) in [6, 6.07) is 9.40. The molecule has 1 aromatic heterocycles. The molecule has 152 valence electrons. The zero-order chi connectivity index (χ0) is 20.7. The molecule has 0 fully saturated rings. The Morgan fingerprint density at radius 3 is 2.39 bits per heavy atom. The molecule has 2 aromatic rings. The van der Waals surface area contributed by atoms with Crippen LogP contribution in [0, 0.1) is 5.92 Å². The number of thioether (sulfide) groups is 1. The lowest BCUT2D eigenvalue weighted by molar-refractivity contribution is -0.127. The average molecular weight is 404 g/mol. The van der Waals surface area contributed by atoms with Crippen LogP contribution in [0.15, 0.2) is 35.5 Å². The van der Waals surface area contributed by atoms with E-state index in [0.29, 0.717) is 5.16 Å². The van der Waals surface area contributed by atoms with Crippen molar-refractivity contribution in [2.75, 3.05) is 5.75 Å². The number of nitrogens with two attached hydrogens (primary N) is 1. The van der Waals surface area contributed by atoms with Crippen LogP contribution in [-0.2, 0) is 9.59 Å². The molecule has 7 nitrogen and oxygen atoms in total. The molecule has 0 aliphatic heterocycles. The first kappa shape index (κ1) is 21.9. The lowest BCUT2D eigenvalue weighted by atomic mass is 9.99. The van der Waals surface area contributed by atoms with Crippen molar-refractivity contribution >= 4 is 23.6 Å².